The molecule has 1 aromatic heterocycles. The maximum Gasteiger partial charge on any atom is 0.253 e. The normalized spacial score (nSPS) is 19.2. The molecule has 4 rings (SSSR count). The highest BCUT2D eigenvalue weighted by molar-refractivity contribution is 5.94. The molecule has 1 saturated heterocycles. The number of aryl methyl sites for hydroxylation is 1. The lowest BCUT2D eigenvalue weighted by Crippen LogP contribution is -2.41. The Labute approximate surface area is 169 Å². The molecular weight excluding hydrogens is 370 g/mol. The Bertz CT molecular complexity index is 1030. The van der Waals surface area contributed by atoms with Crippen LogP contribution in [-0.4, -0.2) is 35.4 Å². The highest BCUT2D eigenvalue weighted by Crippen LogP contribution is 2.45. The summed E-state index contributed by atoms with van der Waals surface area (Å²) in [5.41, 5.74) is 9.88. The first-order valence-electron chi connectivity index (χ1n) is 9.54. The van der Waals surface area contributed by atoms with E-state index < -0.39 is 0 Å². The number of nitrogens with two attached hydrogens (primary N) is 1. The van der Waals surface area contributed by atoms with Gasteiger partial charge in [-0.05, 0) is 23.6 Å². The van der Waals surface area contributed by atoms with Crippen LogP contribution in [0.4, 0.5) is 5.69 Å². The van der Waals surface area contributed by atoms with Crippen molar-refractivity contribution in [3.8, 4) is 11.9 Å². The monoisotopic (exact) mass is 393 g/mol. The van der Waals surface area contributed by atoms with Gasteiger partial charge >= 0.3 is 0 Å². The van der Waals surface area contributed by atoms with Gasteiger partial charge < -0.3 is 20.1 Å². The van der Waals surface area contributed by atoms with Gasteiger partial charge in [0.2, 0.25) is 11.8 Å². The van der Waals surface area contributed by atoms with Crippen molar-refractivity contribution in [2.24, 2.45) is 12.8 Å². The molecule has 2 aromatic rings. The van der Waals surface area contributed by atoms with E-state index in [2.05, 4.69) is 25.0 Å². The molecule has 8 nitrogen and oxygen atoms in total. The van der Waals surface area contributed by atoms with Crippen LogP contribution in [0.15, 0.2) is 35.7 Å². The maximum atomic E-state index is 12.1. The average Bonchev–Trinajstić information content (AvgIpc) is 3.04. The quantitative estimate of drug-likeness (QED) is 0.856. The van der Waals surface area contributed by atoms with Crippen LogP contribution in [0.1, 0.15) is 42.5 Å². The van der Waals surface area contributed by atoms with Crippen LogP contribution in [-0.2, 0) is 16.6 Å². The Morgan fingerprint density at radius 1 is 1.31 bits per heavy atom. The zero-order chi connectivity index (χ0) is 20.7. The third-order valence-corrected chi connectivity index (χ3v) is 5.30. The Morgan fingerprint density at radius 3 is 2.66 bits per heavy atom. The lowest BCUT2D eigenvalue weighted by atomic mass is 9.82. The first kappa shape index (κ1) is 19.0. The molecule has 2 aliphatic heterocycles. The number of nitriles is 1. The largest absolute Gasteiger partial charge is 0.422 e. The van der Waals surface area contributed by atoms with Crippen LogP contribution in [0.25, 0.3) is 0 Å². The molecule has 1 atom stereocenters. The summed E-state index contributed by atoms with van der Waals surface area (Å²) in [6.07, 6.45) is 0. The zero-order valence-corrected chi connectivity index (χ0v) is 16.7. The molecule has 0 saturated carbocycles. The molecule has 0 aliphatic carbocycles. The molecule has 3 heterocycles. The van der Waals surface area contributed by atoms with Crippen LogP contribution in [0, 0.1) is 11.3 Å². The molecule has 1 aromatic carbocycles. The lowest BCUT2D eigenvalue weighted by Gasteiger charge is -2.28. The van der Waals surface area contributed by atoms with Crippen LogP contribution in [0.2, 0.25) is 0 Å². The van der Waals surface area contributed by atoms with Crippen molar-refractivity contribution in [2.75, 3.05) is 24.7 Å². The number of carbonyl (C=O) groups excluding carboxylic acids is 1. The molecule has 0 radical (unpaired) electrons. The van der Waals surface area contributed by atoms with E-state index in [9.17, 15) is 10.1 Å². The number of rotatable bonds is 3. The van der Waals surface area contributed by atoms with E-state index in [4.69, 9.17) is 15.2 Å². The molecule has 1 fully saturated rings. The van der Waals surface area contributed by atoms with Gasteiger partial charge in [-0.3, -0.25) is 4.79 Å². The molecule has 8 heteroatoms. The summed E-state index contributed by atoms with van der Waals surface area (Å²) in [6, 6.07) is 9.86. The van der Waals surface area contributed by atoms with Crippen molar-refractivity contribution in [1.82, 2.24) is 9.78 Å². The van der Waals surface area contributed by atoms with Crippen molar-refractivity contribution in [1.29, 1.82) is 5.26 Å². The number of amides is 1. The number of hydrogen-bond donors (Lipinski definition) is 1. The zero-order valence-electron chi connectivity index (χ0n) is 16.7. The van der Waals surface area contributed by atoms with E-state index in [-0.39, 0.29) is 30.2 Å². The van der Waals surface area contributed by atoms with Crippen LogP contribution < -0.4 is 15.4 Å². The highest BCUT2D eigenvalue weighted by Gasteiger charge is 2.37. The second-order valence-electron chi connectivity index (χ2n) is 7.50. The summed E-state index contributed by atoms with van der Waals surface area (Å²) < 4.78 is 12.6. The first-order valence-corrected chi connectivity index (χ1v) is 9.54. The molecule has 150 valence electrons. The fourth-order valence-electron chi connectivity index (χ4n) is 3.90. The van der Waals surface area contributed by atoms with Crippen molar-refractivity contribution in [3.63, 3.8) is 0 Å². The van der Waals surface area contributed by atoms with Crippen molar-refractivity contribution >= 4 is 11.6 Å². The summed E-state index contributed by atoms with van der Waals surface area (Å²) >= 11 is 0. The van der Waals surface area contributed by atoms with Crippen molar-refractivity contribution in [3.05, 3.63) is 52.5 Å². The number of anilines is 1. The van der Waals surface area contributed by atoms with Crippen molar-refractivity contribution < 1.29 is 14.3 Å². The molecular formula is C21H23N5O3. The number of morpholine rings is 1. The predicted octanol–water partition coefficient (Wildman–Crippen LogP) is 2.12. The molecule has 1 amide bonds. The third-order valence-electron chi connectivity index (χ3n) is 5.30. The van der Waals surface area contributed by atoms with Crippen LogP contribution in [0.5, 0.6) is 5.88 Å². The maximum absolute atomic E-state index is 12.1. The van der Waals surface area contributed by atoms with E-state index in [1.54, 1.807) is 16.6 Å². The fourth-order valence-corrected chi connectivity index (χ4v) is 3.90. The fraction of sp³-hybridized carbons (Fsp3) is 0.381. The molecule has 0 bridgehead atoms. The standard InChI is InChI=1S/C21H23N5O3/c1-12(2)19-18-17(15(10-22)20(23)29-21(18)25(3)24-19)13-4-6-14(7-5-13)26-8-9-28-11-16(26)27/h4-7,12,17H,8-9,11,23H2,1-3H3. The smallest absolute Gasteiger partial charge is 0.253 e. The van der Waals surface area contributed by atoms with E-state index in [0.717, 1.165) is 22.5 Å². The van der Waals surface area contributed by atoms with Gasteiger partial charge in [-0.1, -0.05) is 26.0 Å². The van der Waals surface area contributed by atoms with E-state index in [1.807, 2.05) is 24.3 Å². The second kappa shape index (κ2) is 7.26. The molecule has 29 heavy (non-hydrogen) atoms. The number of aromatic nitrogens is 2. The number of ether oxygens (including phenoxy) is 2. The number of benzene rings is 1. The van der Waals surface area contributed by atoms with Gasteiger partial charge in [0.1, 0.15) is 18.2 Å². The SMILES string of the molecule is CC(C)c1nn(C)c2c1C(c1ccc(N3CCOCC3=O)cc1)C(C#N)=C(N)O2. The van der Waals surface area contributed by atoms with Gasteiger partial charge in [0, 0.05) is 19.3 Å². The van der Waals surface area contributed by atoms with E-state index >= 15 is 0 Å². The Hall–Kier alpha value is -3.31. The summed E-state index contributed by atoms with van der Waals surface area (Å²) in [4.78, 5) is 13.8. The summed E-state index contributed by atoms with van der Waals surface area (Å²) in [5, 5.41) is 14.4. The van der Waals surface area contributed by atoms with Gasteiger partial charge in [0.05, 0.1) is 23.8 Å². The predicted molar refractivity (Wildman–Crippen MR) is 106 cm³/mol. The highest BCUT2D eigenvalue weighted by atomic mass is 16.5. The van der Waals surface area contributed by atoms with E-state index in [0.29, 0.717) is 24.6 Å². The first-order chi connectivity index (χ1) is 13.9. The minimum atomic E-state index is -0.371. The van der Waals surface area contributed by atoms with Crippen molar-refractivity contribution in [2.45, 2.75) is 25.7 Å². The summed E-state index contributed by atoms with van der Waals surface area (Å²) in [5.74, 6) is 0.372. The Balaban J connectivity index is 1.79. The van der Waals surface area contributed by atoms with Gasteiger partial charge in [0.25, 0.3) is 5.91 Å². The Kier molecular flexibility index (Phi) is 4.76. The van der Waals surface area contributed by atoms with Gasteiger partial charge in [-0.25, -0.2) is 4.68 Å². The number of allylic oxidation sites excluding steroid dienone is 1. The van der Waals surface area contributed by atoms with Crippen LogP contribution >= 0.6 is 0 Å². The molecule has 2 aliphatic rings. The van der Waals surface area contributed by atoms with Gasteiger partial charge in [-0.15, -0.1) is 0 Å². The number of carbonyl (C=O) groups is 1. The number of hydrogen-bond acceptors (Lipinski definition) is 6. The molecule has 2 N–H and O–H groups in total. The summed E-state index contributed by atoms with van der Waals surface area (Å²) in [7, 11) is 1.81. The van der Waals surface area contributed by atoms with E-state index in [1.165, 1.54) is 0 Å². The lowest BCUT2D eigenvalue weighted by molar-refractivity contribution is -0.125. The minimum absolute atomic E-state index is 0.0615. The number of fused-ring (bicyclic) bond motifs is 1. The topological polar surface area (TPSA) is 106 Å². The third kappa shape index (κ3) is 3.13. The van der Waals surface area contributed by atoms with Gasteiger partial charge in [-0.2, -0.15) is 10.4 Å². The molecule has 1 unspecified atom stereocenters. The molecule has 0 spiro atoms. The Morgan fingerprint density at radius 2 is 2.03 bits per heavy atom. The minimum Gasteiger partial charge on any atom is -0.422 e. The average molecular weight is 393 g/mol. The second-order valence-corrected chi connectivity index (χ2v) is 7.50. The summed E-state index contributed by atoms with van der Waals surface area (Å²) in [6.45, 7) is 5.25. The van der Waals surface area contributed by atoms with Gasteiger partial charge in [0.15, 0.2) is 0 Å². The van der Waals surface area contributed by atoms with Crippen LogP contribution in [0.3, 0.4) is 0 Å². The number of nitrogens with zero attached hydrogens (tertiary/aromatic N) is 4.